The molecule has 2 N–H and O–H groups in total. The van der Waals surface area contributed by atoms with E-state index in [1.54, 1.807) is 66.6 Å². The van der Waals surface area contributed by atoms with Gasteiger partial charge in [-0.05, 0) is 129 Å². The molecule has 19 nitrogen and oxygen atoms in total. The number of nitrogens with zero attached hydrogens (tertiary/aromatic N) is 6. The van der Waals surface area contributed by atoms with Crippen molar-refractivity contribution in [2.24, 2.45) is 5.92 Å². The number of anilines is 2. The SMILES string of the molecule is CCCCCCOCCOCCOc1cc(-c2scnc2C)ccc1CNC(=O)[C@@H]1C[C@@H](O)CN1C(=O)[C@H](C(C)C)N1Cc2cc(C(CCCOCCOCCOc3ccc(N4C(=S)N(c5ccc(C#N)c(C(F)(F)F)c5)C(=O)C4(C)C)cc3)COC)ccc2C1=O. The number of nitrogens with one attached hydrogen (secondary N) is 1. The summed E-state index contributed by atoms with van der Waals surface area (Å²) in [5, 5.41) is 23.3. The minimum Gasteiger partial charge on any atom is -0.491 e. The molecule has 0 radical (unpaired) electrons. The smallest absolute Gasteiger partial charge is 0.417 e. The highest BCUT2D eigenvalue weighted by Gasteiger charge is 2.51. The normalized spacial score (nSPS) is 17.0. The third kappa shape index (κ3) is 17.6. The summed E-state index contributed by atoms with van der Waals surface area (Å²) in [6, 6.07) is 21.1. The number of aliphatic hydroxyl groups excluding tert-OH is 1. The summed E-state index contributed by atoms with van der Waals surface area (Å²) < 4.78 is 82.4. The molecule has 2 saturated heterocycles. The Morgan fingerprint density at radius 1 is 0.859 bits per heavy atom. The highest BCUT2D eigenvalue weighted by molar-refractivity contribution is 7.81. The Balaban J connectivity index is 0.776. The number of alkyl halides is 3. The number of ether oxygens (including phenoxy) is 7. The van der Waals surface area contributed by atoms with Crippen LogP contribution in [-0.4, -0.2) is 159 Å². The highest BCUT2D eigenvalue weighted by Crippen LogP contribution is 2.41. The van der Waals surface area contributed by atoms with Crippen LogP contribution >= 0.6 is 23.6 Å². The zero-order valence-electron chi connectivity index (χ0n) is 53.4. The molecule has 496 valence electrons. The topological polar surface area (TPSA) is 215 Å². The Morgan fingerprint density at radius 2 is 1.53 bits per heavy atom. The zero-order chi connectivity index (χ0) is 66.1. The number of fused-ring (bicyclic) bond motifs is 1. The first kappa shape index (κ1) is 70.8. The van der Waals surface area contributed by atoms with Crippen molar-refractivity contribution in [3.63, 3.8) is 0 Å². The van der Waals surface area contributed by atoms with Gasteiger partial charge in [0, 0.05) is 69.1 Å². The number of unbranched alkanes of at least 4 members (excludes halogenated alkanes) is 3. The molecule has 4 heterocycles. The van der Waals surface area contributed by atoms with E-state index in [1.807, 2.05) is 57.2 Å². The van der Waals surface area contributed by atoms with Gasteiger partial charge in [-0.2, -0.15) is 18.4 Å². The number of benzene rings is 4. The average Bonchev–Trinajstić information content (AvgIpc) is 1.59. The molecule has 4 atom stereocenters. The van der Waals surface area contributed by atoms with E-state index < -0.39 is 58.8 Å². The first-order valence-electron chi connectivity index (χ1n) is 31.4. The first-order valence-corrected chi connectivity index (χ1v) is 32.7. The summed E-state index contributed by atoms with van der Waals surface area (Å²) in [6.45, 7) is 15.8. The number of hydrogen-bond acceptors (Lipinski definition) is 16. The predicted octanol–water partition coefficient (Wildman–Crippen LogP) is 10.8. The van der Waals surface area contributed by atoms with Crippen molar-refractivity contribution in [1.82, 2.24) is 20.1 Å². The van der Waals surface area contributed by atoms with Crippen molar-refractivity contribution in [2.45, 2.75) is 135 Å². The van der Waals surface area contributed by atoms with E-state index in [-0.39, 0.29) is 74.4 Å². The molecule has 92 heavy (non-hydrogen) atoms. The van der Waals surface area contributed by atoms with Gasteiger partial charge >= 0.3 is 6.18 Å². The number of thiocarbonyl (C=S) groups is 1. The number of nitriles is 1. The number of likely N-dealkylation sites (tertiary alicyclic amines) is 1. The second-order valence-corrected chi connectivity index (χ2v) is 25.1. The molecular formula is C68H84F3N7O12S2. The minimum absolute atomic E-state index is 0.00902. The van der Waals surface area contributed by atoms with Gasteiger partial charge in [0.05, 0.1) is 91.3 Å². The largest absolute Gasteiger partial charge is 0.491 e. The molecule has 1 unspecified atom stereocenters. The Labute approximate surface area is 546 Å². The number of aliphatic hydroxyl groups is 1. The van der Waals surface area contributed by atoms with Crippen LogP contribution in [0, 0.1) is 24.2 Å². The summed E-state index contributed by atoms with van der Waals surface area (Å²) in [5.74, 6) is -0.871. The number of carbonyl (C=O) groups is 4. The maximum atomic E-state index is 14.8. The van der Waals surface area contributed by atoms with Crippen LogP contribution in [0.2, 0.25) is 0 Å². The van der Waals surface area contributed by atoms with Gasteiger partial charge in [-0.1, -0.05) is 64.3 Å². The number of hydrogen-bond donors (Lipinski definition) is 2. The van der Waals surface area contributed by atoms with Crippen molar-refractivity contribution in [3.05, 3.63) is 123 Å². The molecule has 0 saturated carbocycles. The van der Waals surface area contributed by atoms with Crippen molar-refractivity contribution in [1.29, 1.82) is 5.26 Å². The quantitative estimate of drug-likeness (QED) is 0.0285. The number of aryl methyl sites for hydroxylation is 1. The molecule has 8 rings (SSSR count). The van der Waals surface area contributed by atoms with Crippen molar-refractivity contribution in [2.75, 3.05) is 96.1 Å². The number of aromatic nitrogens is 1. The summed E-state index contributed by atoms with van der Waals surface area (Å²) in [4.78, 5) is 67.8. The fourth-order valence-electron chi connectivity index (χ4n) is 11.8. The molecule has 3 aliphatic heterocycles. The lowest BCUT2D eigenvalue weighted by molar-refractivity contribution is -0.143. The molecule has 5 aromatic rings. The molecule has 1 aromatic heterocycles. The number of methoxy groups -OCH3 is 1. The fourth-order valence-corrected chi connectivity index (χ4v) is 13.1. The molecule has 2 fully saturated rings. The minimum atomic E-state index is -4.81. The van der Waals surface area contributed by atoms with E-state index >= 15 is 0 Å². The maximum Gasteiger partial charge on any atom is 0.417 e. The lowest BCUT2D eigenvalue weighted by Gasteiger charge is -2.35. The van der Waals surface area contributed by atoms with Crippen molar-refractivity contribution < 1.29 is 70.6 Å². The van der Waals surface area contributed by atoms with E-state index in [2.05, 4.69) is 17.2 Å². The Morgan fingerprint density at radius 3 is 2.18 bits per heavy atom. The Kier molecular flexibility index (Phi) is 25.5. The van der Waals surface area contributed by atoms with Gasteiger partial charge in [-0.3, -0.25) is 24.1 Å². The maximum absolute atomic E-state index is 14.8. The zero-order valence-corrected chi connectivity index (χ0v) is 55.0. The van der Waals surface area contributed by atoms with Gasteiger partial charge in [-0.25, -0.2) is 4.98 Å². The molecular weight excluding hydrogens is 1230 g/mol. The standard InChI is InChI=1S/C68H84F3N7O12S2/c1-8-9-10-11-24-85-26-28-88-31-33-90-59-35-47(61-45(4)74-43-92-61)14-15-49(59)39-73-62(80)58-37-54(79)41-75(58)64(82)60(44(2)3)76-40-51-34-46(17-23-56(51)63(76)81)50(42-84-7)13-12-25-86-27-29-87-30-32-89-55-21-19-52(20-22-55)78-66(91)77(65(83)67(78,5)6)53-18-16-48(38-72)57(36-53)68(69,70)71/h14-23,34-36,43-44,50,54,58,60,79H,8-13,24-33,37,39-42H2,1-7H3,(H,73,80)/t50?,54-,58+,60+/m1/s1. The molecule has 0 aliphatic carbocycles. The monoisotopic (exact) mass is 1310 g/mol. The second-order valence-electron chi connectivity index (χ2n) is 23.9. The lowest BCUT2D eigenvalue weighted by Crippen LogP contribution is -2.55. The third-order valence-corrected chi connectivity index (χ3v) is 17.9. The summed E-state index contributed by atoms with van der Waals surface area (Å²) in [7, 11) is 1.64. The van der Waals surface area contributed by atoms with E-state index in [0.717, 1.165) is 75.5 Å². The van der Waals surface area contributed by atoms with E-state index in [0.29, 0.717) is 75.6 Å². The molecule has 0 bridgehead atoms. The number of thiazole rings is 1. The van der Waals surface area contributed by atoms with Gasteiger partial charge in [0.2, 0.25) is 11.8 Å². The average molecular weight is 1310 g/mol. The number of carbonyl (C=O) groups excluding carboxylic acids is 4. The van der Waals surface area contributed by atoms with E-state index in [1.165, 1.54) is 35.1 Å². The number of rotatable bonds is 35. The molecule has 0 spiro atoms. The van der Waals surface area contributed by atoms with Crippen molar-refractivity contribution in [3.8, 4) is 28.0 Å². The molecule has 4 aromatic carbocycles. The van der Waals surface area contributed by atoms with Crippen molar-refractivity contribution >= 4 is 63.7 Å². The van der Waals surface area contributed by atoms with Crippen LogP contribution in [0.25, 0.3) is 10.4 Å². The molecule has 4 amide bonds. The lowest BCUT2D eigenvalue weighted by atomic mass is 9.92. The molecule has 3 aliphatic rings. The van der Waals surface area contributed by atoms with Crippen LogP contribution in [0.1, 0.15) is 129 Å². The first-order chi connectivity index (χ1) is 44.2. The number of amides is 4. The number of β-amino-alcohol motifs (C(OH)–C–C–N with tert-alkyl or cyclic N) is 1. The van der Waals surface area contributed by atoms with Crippen LogP contribution in [0.3, 0.4) is 0 Å². The van der Waals surface area contributed by atoms with Gasteiger partial charge in [0.1, 0.15) is 42.3 Å². The number of halogens is 3. The van der Waals surface area contributed by atoms with Crippen LogP contribution in [0.5, 0.6) is 11.5 Å². The van der Waals surface area contributed by atoms with Gasteiger partial charge < -0.3 is 58.3 Å². The van der Waals surface area contributed by atoms with E-state index in [4.69, 9.17) is 45.4 Å². The van der Waals surface area contributed by atoms with Crippen LogP contribution < -0.4 is 24.6 Å². The fraction of sp³-hybridized carbons (Fsp3) is 0.515. The summed E-state index contributed by atoms with van der Waals surface area (Å²) in [5.41, 5.74) is 4.10. The van der Waals surface area contributed by atoms with Gasteiger partial charge in [0.15, 0.2) is 5.11 Å². The highest BCUT2D eigenvalue weighted by atomic mass is 32.1. The molecule has 24 heteroatoms. The van der Waals surface area contributed by atoms with Crippen LogP contribution in [0.4, 0.5) is 24.5 Å². The second kappa shape index (κ2) is 33.2. The predicted molar refractivity (Wildman–Crippen MR) is 347 cm³/mol. The van der Waals surface area contributed by atoms with Crippen LogP contribution in [0.15, 0.2) is 84.4 Å². The summed E-state index contributed by atoms with van der Waals surface area (Å²) >= 11 is 7.18. The van der Waals surface area contributed by atoms with Gasteiger partial charge in [0.25, 0.3) is 11.8 Å². The van der Waals surface area contributed by atoms with E-state index in [9.17, 15) is 42.7 Å². The Bertz CT molecular complexity index is 3380. The Hall–Kier alpha value is -7.08. The third-order valence-electron chi connectivity index (χ3n) is 16.6. The van der Waals surface area contributed by atoms with Crippen LogP contribution in [-0.2, 0) is 57.3 Å². The van der Waals surface area contributed by atoms with Gasteiger partial charge in [-0.15, -0.1) is 11.3 Å². The summed E-state index contributed by atoms with van der Waals surface area (Å²) in [6.07, 6.45) is 0.313.